The van der Waals surface area contributed by atoms with Crippen LogP contribution in [0.1, 0.15) is 37.1 Å². The quantitative estimate of drug-likeness (QED) is 0.396. The molecule has 10 heteroatoms. The number of aliphatic hydroxyl groups is 1. The van der Waals surface area contributed by atoms with Crippen molar-refractivity contribution in [3.05, 3.63) is 47.8 Å². The maximum absolute atomic E-state index is 9.94. The molecule has 1 aliphatic rings. The molecule has 5 heterocycles. The Kier molecular flexibility index (Phi) is 5.54. The summed E-state index contributed by atoms with van der Waals surface area (Å²) in [5, 5.41) is 20.5. The van der Waals surface area contributed by atoms with Crippen molar-refractivity contribution in [2.75, 3.05) is 20.2 Å². The number of imidazole rings is 1. The van der Waals surface area contributed by atoms with E-state index in [-0.39, 0.29) is 18.8 Å². The lowest BCUT2D eigenvalue weighted by Crippen LogP contribution is -2.32. The lowest BCUT2D eigenvalue weighted by atomic mass is 10.1. The lowest BCUT2D eigenvalue weighted by Gasteiger charge is -2.24. The number of nitrogens with zero attached hydrogens (tertiary/aromatic N) is 8. The first-order valence-electron chi connectivity index (χ1n) is 12.6. The van der Waals surface area contributed by atoms with Gasteiger partial charge in [-0.15, -0.1) is 0 Å². The number of fused-ring (bicyclic) bond motifs is 5. The van der Waals surface area contributed by atoms with Crippen molar-refractivity contribution in [1.82, 2.24) is 38.8 Å². The zero-order chi connectivity index (χ0) is 26.0. The number of aliphatic hydroxyl groups excluding tert-OH is 1. The molecule has 2 atom stereocenters. The van der Waals surface area contributed by atoms with Gasteiger partial charge in [0, 0.05) is 31.1 Å². The number of ether oxygens (including phenoxy) is 1. The van der Waals surface area contributed by atoms with Crippen LogP contribution in [0.15, 0.2) is 30.6 Å². The van der Waals surface area contributed by atoms with Gasteiger partial charge in [-0.3, -0.25) is 14.0 Å². The Morgan fingerprint density at radius 2 is 1.97 bits per heavy atom. The molecule has 10 nitrogen and oxygen atoms in total. The van der Waals surface area contributed by atoms with Crippen molar-refractivity contribution in [1.29, 1.82) is 0 Å². The number of aromatic nitrogens is 7. The first-order valence-corrected chi connectivity index (χ1v) is 12.6. The summed E-state index contributed by atoms with van der Waals surface area (Å²) in [6, 6.07) is 8.22. The largest absolute Gasteiger partial charge is 0.473 e. The average Bonchev–Trinajstić information content (AvgIpc) is 3.51. The number of benzene rings is 1. The normalized spacial score (nSPS) is 17.2. The van der Waals surface area contributed by atoms with E-state index in [0.717, 1.165) is 56.1 Å². The van der Waals surface area contributed by atoms with E-state index >= 15 is 0 Å². The van der Waals surface area contributed by atoms with Gasteiger partial charge in [0.2, 0.25) is 5.88 Å². The Morgan fingerprint density at radius 3 is 2.76 bits per heavy atom. The number of likely N-dealkylation sites (N-methyl/N-ethyl adjacent to an activating group) is 1. The Labute approximate surface area is 215 Å². The van der Waals surface area contributed by atoms with Crippen LogP contribution in [0.5, 0.6) is 5.88 Å². The second-order valence-electron chi connectivity index (χ2n) is 10.2. The van der Waals surface area contributed by atoms with Crippen LogP contribution in [0.4, 0.5) is 0 Å². The van der Waals surface area contributed by atoms with Gasteiger partial charge in [0.05, 0.1) is 52.0 Å². The van der Waals surface area contributed by atoms with Crippen LogP contribution in [0, 0.1) is 13.8 Å². The van der Waals surface area contributed by atoms with Gasteiger partial charge in [-0.1, -0.05) is 6.07 Å². The molecule has 0 radical (unpaired) electrons. The van der Waals surface area contributed by atoms with E-state index in [1.807, 2.05) is 49.3 Å². The molecule has 192 valence electrons. The Morgan fingerprint density at radius 1 is 1.16 bits per heavy atom. The fourth-order valence-corrected chi connectivity index (χ4v) is 5.45. The molecule has 0 fully saturated rings. The second-order valence-corrected chi connectivity index (χ2v) is 10.2. The van der Waals surface area contributed by atoms with Gasteiger partial charge >= 0.3 is 0 Å². The minimum atomic E-state index is -0.139. The van der Waals surface area contributed by atoms with E-state index < -0.39 is 0 Å². The van der Waals surface area contributed by atoms with E-state index in [2.05, 4.69) is 42.2 Å². The van der Waals surface area contributed by atoms with Crippen LogP contribution in [0.2, 0.25) is 0 Å². The molecule has 1 aliphatic heterocycles. The van der Waals surface area contributed by atoms with Gasteiger partial charge in [-0.25, -0.2) is 14.6 Å². The molecule has 4 bridgehead atoms. The molecule has 1 N–H and O–H groups in total. The molecular formula is C27H32N8O2. The first kappa shape index (κ1) is 23.6. The smallest absolute Gasteiger partial charge is 0.221 e. The zero-order valence-corrected chi connectivity index (χ0v) is 22.1. The van der Waals surface area contributed by atoms with Crippen LogP contribution >= 0.6 is 0 Å². The molecule has 6 rings (SSSR count). The molecular weight excluding hydrogens is 468 g/mol. The van der Waals surface area contributed by atoms with E-state index in [4.69, 9.17) is 19.8 Å². The molecule has 0 aliphatic carbocycles. The summed E-state index contributed by atoms with van der Waals surface area (Å²) in [6.07, 6.45) is 1.72. The highest BCUT2D eigenvalue weighted by atomic mass is 16.5. The van der Waals surface area contributed by atoms with Crippen molar-refractivity contribution >= 4 is 16.4 Å². The first-order chi connectivity index (χ1) is 17.7. The second kappa shape index (κ2) is 8.67. The SMILES string of the molecule is Cc1nn(C)c2c1-c1cc3c(ncn3c(C)n1)-c1ccc3nn([C@@H](C)CO)c(c3c1)CN(C)C[C@H](C)O2. The molecule has 37 heavy (non-hydrogen) atoms. The third-order valence-corrected chi connectivity index (χ3v) is 7.19. The molecule has 0 spiro atoms. The van der Waals surface area contributed by atoms with Crippen molar-refractivity contribution in [3.8, 4) is 28.4 Å². The molecule has 0 amide bonds. The number of hydrogen-bond acceptors (Lipinski definition) is 7. The standard InChI is InChI=1S/C27H32N8O2/c1-15(13-36)35-24-12-32(5)11-16(2)37-27-25(17(3)30-33(27)6)22-10-23-26(28-14-34(23)18(4)29-22)19-7-8-21(31-35)20(24)9-19/h7-10,14-16,36H,11-13H2,1-6H3/t15-,16-/m0/s1. The highest BCUT2D eigenvalue weighted by Crippen LogP contribution is 2.36. The van der Waals surface area contributed by atoms with Crippen LogP contribution in [-0.4, -0.2) is 70.2 Å². The number of rotatable bonds is 2. The summed E-state index contributed by atoms with van der Waals surface area (Å²) < 4.78 is 12.3. The van der Waals surface area contributed by atoms with Gasteiger partial charge in [-0.2, -0.15) is 10.2 Å². The number of hydrogen-bond donors (Lipinski definition) is 1. The fraction of sp³-hybridized carbons (Fsp3) is 0.407. The number of aryl methyl sites for hydroxylation is 3. The van der Waals surface area contributed by atoms with Crippen LogP contribution in [-0.2, 0) is 13.6 Å². The highest BCUT2D eigenvalue weighted by molar-refractivity contribution is 5.90. The van der Waals surface area contributed by atoms with Crippen molar-refractivity contribution in [2.24, 2.45) is 7.05 Å². The van der Waals surface area contributed by atoms with Crippen LogP contribution < -0.4 is 4.74 Å². The fourth-order valence-electron chi connectivity index (χ4n) is 5.45. The third-order valence-electron chi connectivity index (χ3n) is 7.19. The van der Waals surface area contributed by atoms with E-state index in [1.54, 1.807) is 4.68 Å². The topological polar surface area (TPSA) is 98.5 Å². The molecule has 0 saturated heterocycles. The van der Waals surface area contributed by atoms with Crippen LogP contribution in [0.3, 0.4) is 0 Å². The minimum absolute atomic E-state index is 0.0143. The monoisotopic (exact) mass is 500 g/mol. The molecule has 4 aromatic heterocycles. The summed E-state index contributed by atoms with van der Waals surface area (Å²) >= 11 is 0. The zero-order valence-electron chi connectivity index (χ0n) is 22.1. The van der Waals surface area contributed by atoms with Crippen molar-refractivity contribution < 1.29 is 9.84 Å². The maximum Gasteiger partial charge on any atom is 0.221 e. The van der Waals surface area contributed by atoms with Gasteiger partial charge in [-0.05, 0) is 52.9 Å². The predicted octanol–water partition coefficient (Wildman–Crippen LogP) is 3.53. The minimum Gasteiger partial charge on any atom is -0.473 e. The van der Waals surface area contributed by atoms with E-state index in [1.165, 1.54) is 0 Å². The summed E-state index contributed by atoms with van der Waals surface area (Å²) in [5.41, 5.74) is 7.39. The Bertz CT molecular complexity index is 1650. The average molecular weight is 501 g/mol. The van der Waals surface area contributed by atoms with E-state index in [0.29, 0.717) is 19.0 Å². The maximum atomic E-state index is 9.94. The summed E-state index contributed by atoms with van der Waals surface area (Å²) in [5.74, 6) is 1.54. The molecule has 0 unspecified atom stereocenters. The lowest BCUT2D eigenvalue weighted by molar-refractivity contribution is 0.145. The van der Waals surface area contributed by atoms with Gasteiger partial charge in [0.15, 0.2) is 0 Å². The van der Waals surface area contributed by atoms with E-state index in [9.17, 15) is 5.11 Å². The highest BCUT2D eigenvalue weighted by Gasteiger charge is 2.24. The summed E-state index contributed by atoms with van der Waals surface area (Å²) in [7, 11) is 3.99. The van der Waals surface area contributed by atoms with Gasteiger partial charge < -0.3 is 9.84 Å². The summed E-state index contributed by atoms with van der Waals surface area (Å²) in [6.45, 7) is 9.39. The van der Waals surface area contributed by atoms with Gasteiger partial charge in [0.1, 0.15) is 18.3 Å². The molecule has 5 aromatic rings. The van der Waals surface area contributed by atoms with Crippen LogP contribution in [0.25, 0.3) is 38.9 Å². The van der Waals surface area contributed by atoms with Gasteiger partial charge in [0.25, 0.3) is 0 Å². The predicted molar refractivity (Wildman–Crippen MR) is 142 cm³/mol. The van der Waals surface area contributed by atoms with Crippen molar-refractivity contribution in [2.45, 2.75) is 46.4 Å². The Hall–Kier alpha value is -3.76. The van der Waals surface area contributed by atoms with Crippen molar-refractivity contribution in [3.63, 3.8) is 0 Å². The Balaban J connectivity index is 1.65. The molecule has 1 aromatic carbocycles. The summed E-state index contributed by atoms with van der Waals surface area (Å²) in [4.78, 5) is 12.0. The molecule has 0 saturated carbocycles. The third kappa shape index (κ3) is 3.79.